The quantitative estimate of drug-likeness (QED) is 0.697. The SMILES string of the molecule is Cn1cnc(CN2CCN(CCCCOc3ccccc3)CC2)c1. The summed E-state index contributed by atoms with van der Waals surface area (Å²) < 4.78 is 7.76. The van der Waals surface area contributed by atoms with Crippen LogP contribution in [0, 0.1) is 0 Å². The zero-order valence-electron chi connectivity index (χ0n) is 14.6. The molecule has 1 aromatic heterocycles. The zero-order valence-corrected chi connectivity index (χ0v) is 14.6. The van der Waals surface area contributed by atoms with Gasteiger partial charge in [-0.3, -0.25) is 4.90 Å². The number of rotatable bonds is 8. The molecule has 24 heavy (non-hydrogen) atoms. The van der Waals surface area contributed by atoms with Gasteiger partial charge in [0.1, 0.15) is 5.75 Å². The van der Waals surface area contributed by atoms with Gasteiger partial charge in [-0.1, -0.05) is 18.2 Å². The second-order valence-electron chi connectivity index (χ2n) is 6.52. The van der Waals surface area contributed by atoms with Crippen molar-refractivity contribution in [2.45, 2.75) is 19.4 Å². The summed E-state index contributed by atoms with van der Waals surface area (Å²) in [6.07, 6.45) is 6.30. The first kappa shape index (κ1) is 17.0. The molecule has 0 unspecified atom stereocenters. The molecule has 2 heterocycles. The van der Waals surface area contributed by atoms with Gasteiger partial charge in [-0.25, -0.2) is 4.98 Å². The Kier molecular flexibility index (Phi) is 6.26. The lowest BCUT2D eigenvalue weighted by molar-refractivity contribution is 0.123. The van der Waals surface area contributed by atoms with Crippen LogP contribution in [0.15, 0.2) is 42.9 Å². The van der Waals surface area contributed by atoms with Crippen molar-refractivity contribution in [1.82, 2.24) is 19.4 Å². The lowest BCUT2D eigenvalue weighted by atomic mass is 10.2. The average Bonchev–Trinajstić information content (AvgIpc) is 3.02. The summed E-state index contributed by atoms with van der Waals surface area (Å²) in [5.41, 5.74) is 1.17. The summed E-state index contributed by atoms with van der Waals surface area (Å²) in [5, 5.41) is 0. The van der Waals surface area contributed by atoms with Crippen LogP contribution in [0.3, 0.4) is 0 Å². The molecule has 1 aliphatic rings. The van der Waals surface area contributed by atoms with Crippen molar-refractivity contribution in [1.29, 1.82) is 0 Å². The molecule has 1 fully saturated rings. The van der Waals surface area contributed by atoms with E-state index in [4.69, 9.17) is 4.74 Å². The van der Waals surface area contributed by atoms with Crippen LogP contribution in [0.25, 0.3) is 0 Å². The largest absolute Gasteiger partial charge is 0.494 e. The minimum absolute atomic E-state index is 0.809. The second kappa shape index (κ2) is 8.85. The fourth-order valence-electron chi connectivity index (χ4n) is 3.09. The smallest absolute Gasteiger partial charge is 0.119 e. The Morgan fingerprint density at radius 1 is 1.00 bits per heavy atom. The lowest BCUT2D eigenvalue weighted by Crippen LogP contribution is -2.46. The minimum Gasteiger partial charge on any atom is -0.494 e. The van der Waals surface area contributed by atoms with Crippen LogP contribution in [0.1, 0.15) is 18.5 Å². The van der Waals surface area contributed by atoms with Crippen LogP contribution in [0.4, 0.5) is 0 Å². The maximum atomic E-state index is 5.75. The molecule has 1 saturated heterocycles. The fraction of sp³-hybridized carbons (Fsp3) is 0.526. The van der Waals surface area contributed by atoms with Crippen molar-refractivity contribution in [2.24, 2.45) is 7.05 Å². The van der Waals surface area contributed by atoms with E-state index >= 15 is 0 Å². The molecule has 0 bridgehead atoms. The fourth-order valence-corrected chi connectivity index (χ4v) is 3.09. The van der Waals surface area contributed by atoms with Crippen molar-refractivity contribution in [2.75, 3.05) is 39.3 Å². The predicted octanol–water partition coefficient (Wildman–Crippen LogP) is 2.40. The third-order valence-corrected chi connectivity index (χ3v) is 4.49. The summed E-state index contributed by atoms with van der Waals surface area (Å²) >= 11 is 0. The van der Waals surface area contributed by atoms with Gasteiger partial charge >= 0.3 is 0 Å². The van der Waals surface area contributed by atoms with Gasteiger partial charge in [0.25, 0.3) is 0 Å². The Balaban J connectivity index is 1.26. The van der Waals surface area contributed by atoms with E-state index < -0.39 is 0 Å². The highest BCUT2D eigenvalue weighted by molar-refractivity contribution is 5.20. The van der Waals surface area contributed by atoms with E-state index in [9.17, 15) is 0 Å². The van der Waals surface area contributed by atoms with Gasteiger partial charge in [0.15, 0.2) is 0 Å². The van der Waals surface area contributed by atoms with Crippen LogP contribution in [0.2, 0.25) is 0 Å². The van der Waals surface area contributed by atoms with E-state index in [2.05, 4.69) is 21.0 Å². The van der Waals surface area contributed by atoms with Crippen LogP contribution < -0.4 is 4.74 Å². The summed E-state index contributed by atoms with van der Waals surface area (Å²) in [5.74, 6) is 0.973. The standard InChI is InChI=1S/C19H28N4O/c1-21-15-18(20-17-21)16-23-12-10-22(11-13-23)9-5-6-14-24-19-7-3-2-4-8-19/h2-4,7-8,15,17H,5-6,9-14,16H2,1H3. The van der Waals surface area contributed by atoms with Crippen molar-refractivity contribution in [3.8, 4) is 5.75 Å². The van der Waals surface area contributed by atoms with Gasteiger partial charge in [-0.15, -0.1) is 0 Å². The molecule has 5 heteroatoms. The van der Waals surface area contributed by atoms with Crippen LogP contribution >= 0.6 is 0 Å². The number of aromatic nitrogens is 2. The van der Waals surface area contributed by atoms with Gasteiger partial charge in [0.2, 0.25) is 0 Å². The molecule has 2 aromatic rings. The first-order chi connectivity index (χ1) is 11.8. The molecule has 0 aliphatic carbocycles. The number of hydrogen-bond acceptors (Lipinski definition) is 4. The predicted molar refractivity (Wildman–Crippen MR) is 96.1 cm³/mol. The van der Waals surface area contributed by atoms with Gasteiger partial charge in [-0.2, -0.15) is 0 Å². The second-order valence-corrected chi connectivity index (χ2v) is 6.52. The first-order valence-electron chi connectivity index (χ1n) is 8.89. The summed E-state index contributed by atoms with van der Waals surface area (Å²) in [4.78, 5) is 9.48. The lowest BCUT2D eigenvalue weighted by Gasteiger charge is -2.34. The molecule has 0 amide bonds. The molecule has 0 spiro atoms. The molecule has 0 radical (unpaired) electrons. The van der Waals surface area contributed by atoms with Crippen molar-refractivity contribution < 1.29 is 4.74 Å². The Morgan fingerprint density at radius 3 is 2.46 bits per heavy atom. The summed E-state index contributed by atoms with van der Waals surface area (Å²) in [6.45, 7) is 7.55. The first-order valence-corrected chi connectivity index (χ1v) is 8.89. The number of ether oxygens (including phenoxy) is 1. The van der Waals surface area contributed by atoms with E-state index in [0.29, 0.717) is 0 Å². The highest BCUT2D eigenvalue weighted by Gasteiger charge is 2.17. The Labute approximate surface area is 144 Å². The van der Waals surface area contributed by atoms with Crippen LogP contribution in [-0.4, -0.2) is 58.7 Å². The van der Waals surface area contributed by atoms with Crippen molar-refractivity contribution in [3.63, 3.8) is 0 Å². The zero-order chi connectivity index (χ0) is 16.6. The van der Waals surface area contributed by atoms with E-state index in [0.717, 1.165) is 51.5 Å². The molecule has 0 N–H and O–H groups in total. The van der Waals surface area contributed by atoms with Crippen LogP contribution in [-0.2, 0) is 13.6 Å². The molecule has 0 saturated carbocycles. The number of unbranched alkanes of at least 4 members (excludes halogenated alkanes) is 1. The highest BCUT2D eigenvalue weighted by Crippen LogP contribution is 2.10. The molecular weight excluding hydrogens is 300 g/mol. The Bertz CT molecular complexity index is 590. The number of imidazole rings is 1. The topological polar surface area (TPSA) is 33.5 Å². The van der Waals surface area contributed by atoms with E-state index in [1.807, 2.05) is 48.3 Å². The normalized spacial score (nSPS) is 16.4. The van der Waals surface area contributed by atoms with E-state index in [1.54, 1.807) is 0 Å². The number of para-hydroxylation sites is 1. The molecule has 0 atom stereocenters. The molecule has 1 aromatic carbocycles. The van der Waals surface area contributed by atoms with Gasteiger partial charge in [0, 0.05) is 46.0 Å². The van der Waals surface area contributed by atoms with Gasteiger partial charge in [-0.05, 0) is 31.5 Å². The van der Waals surface area contributed by atoms with Gasteiger partial charge < -0.3 is 14.2 Å². The molecule has 130 valence electrons. The summed E-state index contributed by atoms with van der Waals surface area (Å²) in [6, 6.07) is 10.1. The number of hydrogen-bond donors (Lipinski definition) is 0. The Morgan fingerprint density at radius 2 is 1.75 bits per heavy atom. The average molecular weight is 328 g/mol. The molecular formula is C19H28N4O. The number of nitrogens with zero attached hydrogens (tertiary/aromatic N) is 4. The maximum absolute atomic E-state index is 5.75. The highest BCUT2D eigenvalue weighted by atomic mass is 16.5. The van der Waals surface area contributed by atoms with Crippen molar-refractivity contribution >= 4 is 0 Å². The van der Waals surface area contributed by atoms with E-state index in [1.165, 1.54) is 18.7 Å². The van der Waals surface area contributed by atoms with Crippen molar-refractivity contribution in [3.05, 3.63) is 48.5 Å². The van der Waals surface area contributed by atoms with E-state index in [-0.39, 0.29) is 0 Å². The molecule has 5 nitrogen and oxygen atoms in total. The van der Waals surface area contributed by atoms with Crippen LogP contribution in [0.5, 0.6) is 5.75 Å². The number of benzene rings is 1. The summed E-state index contributed by atoms with van der Waals surface area (Å²) in [7, 11) is 2.02. The number of piperazine rings is 1. The third-order valence-electron chi connectivity index (χ3n) is 4.49. The molecule has 1 aliphatic heterocycles. The maximum Gasteiger partial charge on any atom is 0.119 e. The third kappa shape index (κ3) is 5.35. The van der Waals surface area contributed by atoms with Gasteiger partial charge in [0.05, 0.1) is 18.6 Å². The Hall–Kier alpha value is -1.85. The minimum atomic E-state index is 0.809. The number of aryl methyl sites for hydroxylation is 1. The monoisotopic (exact) mass is 328 g/mol. The molecule has 3 rings (SSSR count).